The molecule has 4 heteroatoms. The molecule has 0 bridgehead atoms. The van der Waals surface area contributed by atoms with Gasteiger partial charge in [-0.05, 0) is 77.0 Å². The van der Waals surface area contributed by atoms with Crippen LogP contribution in [0.5, 0.6) is 0 Å². The molecule has 0 aromatic rings. The highest BCUT2D eigenvalue weighted by molar-refractivity contribution is 5.69. The fourth-order valence-corrected chi connectivity index (χ4v) is 6.62. The van der Waals surface area contributed by atoms with Crippen molar-refractivity contribution < 1.29 is 19.4 Å². The summed E-state index contributed by atoms with van der Waals surface area (Å²) < 4.78 is 11.2. The van der Waals surface area contributed by atoms with Gasteiger partial charge in [-0.25, -0.2) is 0 Å². The molecule has 0 rings (SSSR count). The van der Waals surface area contributed by atoms with Crippen molar-refractivity contribution in [1.29, 1.82) is 0 Å². The lowest BCUT2D eigenvalue weighted by atomic mass is 10.1. The van der Waals surface area contributed by atoms with Crippen molar-refractivity contribution in [2.45, 2.75) is 238 Å². The minimum Gasteiger partial charge on any atom is -0.457 e. The van der Waals surface area contributed by atoms with Crippen molar-refractivity contribution in [3.05, 3.63) is 48.6 Å². The van der Waals surface area contributed by atoms with Crippen molar-refractivity contribution >= 4 is 5.97 Å². The Morgan fingerprint density at radius 3 is 1.21 bits per heavy atom. The summed E-state index contributed by atoms with van der Waals surface area (Å²) in [6, 6.07) is 0. The van der Waals surface area contributed by atoms with Gasteiger partial charge in [0.2, 0.25) is 0 Å². The second-order valence-electron chi connectivity index (χ2n) is 15.5. The average molecular weight is 743 g/mol. The maximum Gasteiger partial charge on any atom is 0.306 e. The van der Waals surface area contributed by atoms with Gasteiger partial charge in [-0.1, -0.05) is 197 Å². The summed E-state index contributed by atoms with van der Waals surface area (Å²) in [5, 5.41) is 9.62. The van der Waals surface area contributed by atoms with E-state index < -0.39 is 6.10 Å². The first-order chi connectivity index (χ1) is 26.2. The Hall–Kier alpha value is -1.65. The zero-order valence-corrected chi connectivity index (χ0v) is 35.5. The van der Waals surface area contributed by atoms with Gasteiger partial charge in [0.05, 0.1) is 13.2 Å². The van der Waals surface area contributed by atoms with Gasteiger partial charge in [0.1, 0.15) is 6.10 Å². The molecule has 1 N–H and O–H groups in total. The SMILES string of the molecule is CCCCCCC/C=C\C/C=C\C/C=C\CCCCCCCCCOCC(CO)OC(=O)CCCCCCCCCCC/C=C\CCCCCCCC. The summed E-state index contributed by atoms with van der Waals surface area (Å²) in [6.07, 6.45) is 60.3. The zero-order valence-electron chi connectivity index (χ0n) is 35.5. The Morgan fingerprint density at radius 2 is 0.792 bits per heavy atom. The minimum absolute atomic E-state index is 0.177. The first-order valence-electron chi connectivity index (χ1n) is 23.2. The number of aliphatic hydroxyl groups is 1. The molecule has 0 fully saturated rings. The van der Waals surface area contributed by atoms with Crippen LogP contribution in [0.15, 0.2) is 48.6 Å². The van der Waals surface area contributed by atoms with Crippen LogP contribution in [0.3, 0.4) is 0 Å². The summed E-state index contributed by atoms with van der Waals surface area (Å²) in [5.74, 6) is -0.206. The molecule has 4 nitrogen and oxygen atoms in total. The largest absolute Gasteiger partial charge is 0.457 e. The van der Waals surface area contributed by atoms with Gasteiger partial charge < -0.3 is 14.6 Å². The van der Waals surface area contributed by atoms with Crippen LogP contribution in [0.1, 0.15) is 232 Å². The van der Waals surface area contributed by atoms with E-state index in [0.717, 1.165) is 32.1 Å². The highest BCUT2D eigenvalue weighted by Crippen LogP contribution is 2.14. The van der Waals surface area contributed by atoms with E-state index in [0.29, 0.717) is 13.0 Å². The van der Waals surface area contributed by atoms with Crippen LogP contribution in [0.2, 0.25) is 0 Å². The molecule has 1 unspecified atom stereocenters. The maximum absolute atomic E-state index is 12.2. The Kier molecular flexibility index (Phi) is 45.1. The first kappa shape index (κ1) is 51.4. The third-order valence-corrected chi connectivity index (χ3v) is 10.1. The van der Waals surface area contributed by atoms with E-state index in [-0.39, 0.29) is 19.2 Å². The van der Waals surface area contributed by atoms with Crippen molar-refractivity contribution in [3.8, 4) is 0 Å². The van der Waals surface area contributed by atoms with Gasteiger partial charge in [0, 0.05) is 13.0 Å². The van der Waals surface area contributed by atoms with Crippen LogP contribution in [-0.4, -0.2) is 37.0 Å². The Labute approximate surface area is 331 Å². The number of carbonyl (C=O) groups excluding carboxylic acids is 1. The molecule has 0 radical (unpaired) electrons. The number of hydrogen-bond acceptors (Lipinski definition) is 4. The van der Waals surface area contributed by atoms with Gasteiger partial charge in [0.25, 0.3) is 0 Å². The lowest BCUT2D eigenvalue weighted by molar-refractivity contribution is -0.154. The number of aliphatic hydroxyl groups excluding tert-OH is 1. The summed E-state index contributed by atoms with van der Waals surface area (Å²) >= 11 is 0. The summed E-state index contributed by atoms with van der Waals surface area (Å²) in [7, 11) is 0. The third kappa shape index (κ3) is 44.6. The highest BCUT2D eigenvalue weighted by Gasteiger charge is 2.13. The molecule has 0 heterocycles. The molecule has 0 aliphatic rings. The number of carbonyl (C=O) groups is 1. The quantitative estimate of drug-likeness (QED) is 0.0384. The Balaban J connectivity index is 3.45. The predicted molar refractivity (Wildman–Crippen MR) is 233 cm³/mol. The zero-order chi connectivity index (χ0) is 38.4. The van der Waals surface area contributed by atoms with E-state index >= 15 is 0 Å². The molecule has 0 aromatic carbocycles. The molecule has 0 aliphatic heterocycles. The lowest BCUT2D eigenvalue weighted by Crippen LogP contribution is -2.27. The fraction of sp³-hybridized carbons (Fsp3) is 0.816. The molecular weight excluding hydrogens is 653 g/mol. The molecule has 0 saturated carbocycles. The van der Waals surface area contributed by atoms with E-state index in [1.165, 1.54) is 180 Å². The summed E-state index contributed by atoms with van der Waals surface area (Å²) in [4.78, 5) is 12.2. The van der Waals surface area contributed by atoms with E-state index in [4.69, 9.17) is 9.47 Å². The van der Waals surface area contributed by atoms with Crippen molar-refractivity contribution in [2.24, 2.45) is 0 Å². The standard InChI is InChI=1S/C49H90O4/c1-3-5-7-9-11-13-15-17-19-21-23-24-25-27-29-31-33-35-37-39-41-43-45-52-47-48(46-50)53-49(51)44-42-40-38-36-34-32-30-28-26-22-20-18-16-14-12-10-8-6-4-2/h15,17-18,20-21,23,25,27,48,50H,3-14,16,19,22,24,26,28-47H2,1-2H3/b17-15-,20-18-,23-21-,27-25-. The molecule has 1 atom stereocenters. The molecule has 53 heavy (non-hydrogen) atoms. The number of hydrogen-bond donors (Lipinski definition) is 1. The van der Waals surface area contributed by atoms with Crippen LogP contribution < -0.4 is 0 Å². The van der Waals surface area contributed by atoms with Gasteiger partial charge in [-0.3, -0.25) is 4.79 Å². The third-order valence-electron chi connectivity index (χ3n) is 10.1. The number of unbranched alkanes of at least 4 members (excludes halogenated alkanes) is 27. The van der Waals surface area contributed by atoms with Gasteiger partial charge in [0.15, 0.2) is 0 Å². The highest BCUT2D eigenvalue weighted by atomic mass is 16.6. The van der Waals surface area contributed by atoms with Crippen molar-refractivity contribution in [2.75, 3.05) is 19.8 Å². The molecule has 0 amide bonds. The maximum atomic E-state index is 12.2. The van der Waals surface area contributed by atoms with E-state index in [9.17, 15) is 9.90 Å². The molecule has 310 valence electrons. The smallest absolute Gasteiger partial charge is 0.306 e. The first-order valence-corrected chi connectivity index (χ1v) is 23.2. The number of rotatable bonds is 43. The lowest BCUT2D eigenvalue weighted by Gasteiger charge is -2.16. The van der Waals surface area contributed by atoms with E-state index in [1.807, 2.05) is 0 Å². The van der Waals surface area contributed by atoms with Crippen LogP contribution in [0, 0.1) is 0 Å². The van der Waals surface area contributed by atoms with Gasteiger partial charge >= 0.3 is 5.97 Å². The molecule has 0 spiro atoms. The predicted octanol–water partition coefficient (Wildman–Crippen LogP) is 15.4. The van der Waals surface area contributed by atoms with E-state index in [1.54, 1.807) is 0 Å². The van der Waals surface area contributed by atoms with Crippen molar-refractivity contribution in [3.63, 3.8) is 0 Å². The van der Waals surface area contributed by atoms with Crippen LogP contribution >= 0.6 is 0 Å². The Bertz CT molecular complexity index is 828. The second-order valence-corrected chi connectivity index (χ2v) is 15.5. The Morgan fingerprint density at radius 1 is 0.453 bits per heavy atom. The number of ether oxygens (including phenoxy) is 2. The van der Waals surface area contributed by atoms with Crippen LogP contribution in [0.25, 0.3) is 0 Å². The van der Waals surface area contributed by atoms with Gasteiger partial charge in [-0.2, -0.15) is 0 Å². The monoisotopic (exact) mass is 743 g/mol. The number of allylic oxidation sites excluding steroid dienone is 8. The van der Waals surface area contributed by atoms with Crippen LogP contribution in [-0.2, 0) is 14.3 Å². The molecular formula is C49H90O4. The second kappa shape index (κ2) is 46.5. The summed E-state index contributed by atoms with van der Waals surface area (Å²) in [6.45, 7) is 5.33. The topological polar surface area (TPSA) is 55.8 Å². The minimum atomic E-state index is -0.541. The summed E-state index contributed by atoms with van der Waals surface area (Å²) in [5.41, 5.74) is 0. The van der Waals surface area contributed by atoms with Gasteiger partial charge in [-0.15, -0.1) is 0 Å². The van der Waals surface area contributed by atoms with Crippen LogP contribution in [0.4, 0.5) is 0 Å². The fourth-order valence-electron chi connectivity index (χ4n) is 6.62. The molecule has 0 saturated heterocycles. The van der Waals surface area contributed by atoms with E-state index in [2.05, 4.69) is 62.5 Å². The normalized spacial score (nSPS) is 12.7. The molecule has 0 aromatic heterocycles. The number of esters is 1. The van der Waals surface area contributed by atoms with Crippen molar-refractivity contribution in [1.82, 2.24) is 0 Å². The average Bonchev–Trinajstić information content (AvgIpc) is 3.16. The molecule has 0 aliphatic carbocycles.